The largest absolute Gasteiger partial charge is 0.385 e. The Morgan fingerprint density at radius 2 is 2.20 bits per heavy atom. The molecule has 0 amide bonds. The average molecular weight is 270 g/mol. The molecular formula is C14H14N4O2. The summed E-state index contributed by atoms with van der Waals surface area (Å²) >= 11 is 0. The maximum atomic E-state index is 9.62. The molecule has 3 aromatic rings. The van der Waals surface area contributed by atoms with E-state index in [2.05, 4.69) is 15.1 Å². The summed E-state index contributed by atoms with van der Waals surface area (Å²) in [6.45, 7) is 2.18. The quantitative estimate of drug-likeness (QED) is 0.785. The van der Waals surface area contributed by atoms with E-state index in [1.807, 2.05) is 28.8 Å². The van der Waals surface area contributed by atoms with Gasteiger partial charge in [-0.05, 0) is 19.1 Å². The highest BCUT2D eigenvalue weighted by atomic mass is 16.5. The molecule has 6 nitrogen and oxygen atoms in total. The third-order valence-corrected chi connectivity index (χ3v) is 2.93. The number of aromatic nitrogens is 4. The maximum absolute atomic E-state index is 9.62. The lowest BCUT2D eigenvalue weighted by atomic mass is 10.2. The van der Waals surface area contributed by atoms with Gasteiger partial charge in [-0.1, -0.05) is 11.2 Å². The molecule has 0 aliphatic heterocycles. The molecule has 0 fully saturated rings. The number of nitrogens with zero attached hydrogens (tertiary/aromatic N) is 4. The Morgan fingerprint density at radius 1 is 1.30 bits per heavy atom. The van der Waals surface area contributed by atoms with Crippen molar-refractivity contribution in [3.05, 3.63) is 54.4 Å². The van der Waals surface area contributed by atoms with Crippen molar-refractivity contribution in [2.24, 2.45) is 0 Å². The summed E-state index contributed by atoms with van der Waals surface area (Å²) in [7, 11) is 0. The lowest BCUT2D eigenvalue weighted by Crippen LogP contribution is -2.07. The first-order chi connectivity index (χ1) is 9.74. The van der Waals surface area contributed by atoms with E-state index in [1.165, 1.54) is 0 Å². The first kappa shape index (κ1) is 12.6. The molecule has 3 aromatic heterocycles. The summed E-state index contributed by atoms with van der Waals surface area (Å²) in [6.07, 6.45) is 4.55. The van der Waals surface area contributed by atoms with Gasteiger partial charge in [-0.3, -0.25) is 4.98 Å². The fourth-order valence-corrected chi connectivity index (χ4v) is 2.01. The molecule has 1 unspecified atom stereocenters. The van der Waals surface area contributed by atoms with Crippen LogP contribution in [0.4, 0.5) is 0 Å². The van der Waals surface area contributed by atoms with Gasteiger partial charge >= 0.3 is 0 Å². The van der Waals surface area contributed by atoms with Crippen molar-refractivity contribution in [2.75, 3.05) is 0 Å². The Kier molecular flexibility index (Phi) is 3.30. The van der Waals surface area contributed by atoms with Crippen molar-refractivity contribution in [1.82, 2.24) is 19.7 Å². The highest BCUT2D eigenvalue weighted by Gasteiger charge is 2.12. The molecular weight excluding hydrogens is 256 g/mol. The van der Waals surface area contributed by atoms with Gasteiger partial charge in [0.1, 0.15) is 23.3 Å². The van der Waals surface area contributed by atoms with E-state index in [1.54, 1.807) is 25.5 Å². The second kappa shape index (κ2) is 5.26. The number of imidazole rings is 1. The molecule has 0 aliphatic rings. The fraction of sp³-hybridized carbons (Fsp3) is 0.214. The molecule has 0 saturated heterocycles. The number of aliphatic hydroxyl groups is 1. The van der Waals surface area contributed by atoms with Gasteiger partial charge in [-0.25, -0.2) is 4.98 Å². The monoisotopic (exact) mass is 270 g/mol. The molecule has 0 aromatic carbocycles. The van der Waals surface area contributed by atoms with Crippen LogP contribution < -0.4 is 0 Å². The van der Waals surface area contributed by atoms with Gasteiger partial charge in [-0.2, -0.15) is 0 Å². The van der Waals surface area contributed by atoms with Crippen LogP contribution >= 0.6 is 0 Å². The molecule has 102 valence electrons. The van der Waals surface area contributed by atoms with Gasteiger partial charge in [0.05, 0.1) is 6.54 Å². The number of hydrogen-bond donors (Lipinski definition) is 1. The van der Waals surface area contributed by atoms with Gasteiger partial charge in [0.15, 0.2) is 5.76 Å². The summed E-state index contributed by atoms with van der Waals surface area (Å²) < 4.78 is 7.13. The molecule has 3 heterocycles. The number of pyridine rings is 1. The highest BCUT2D eigenvalue weighted by molar-refractivity contribution is 5.51. The van der Waals surface area contributed by atoms with Crippen LogP contribution in [0.25, 0.3) is 11.5 Å². The van der Waals surface area contributed by atoms with Crippen LogP contribution in [-0.2, 0) is 6.54 Å². The van der Waals surface area contributed by atoms with Crippen LogP contribution in [0.2, 0.25) is 0 Å². The average Bonchev–Trinajstić information content (AvgIpc) is 3.09. The van der Waals surface area contributed by atoms with Crippen LogP contribution in [0, 0.1) is 0 Å². The topological polar surface area (TPSA) is 77.0 Å². The van der Waals surface area contributed by atoms with Crippen molar-refractivity contribution in [1.29, 1.82) is 0 Å². The van der Waals surface area contributed by atoms with Crippen LogP contribution in [0.15, 0.2) is 47.4 Å². The predicted molar refractivity (Wildman–Crippen MR) is 71.7 cm³/mol. The third-order valence-electron chi connectivity index (χ3n) is 2.93. The number of aliphatic hydroxyl groups excluding tert-OH is 1. The summed E-state index contributed by atoms with van der Waals surface area (Å²) in [5.41, 5.74) is 1.50. The molecule has 20 heavy (non-hydrogen) atoms. The SMILES string of the molecule is CC(O)c1nccn1Cc1cc(-c2ccccn2)on1. The summed E-state index contributed by atoms with van der Waals surface area (Å²) in [4.78, 5) is 8.33. The highest BCUT2D eigenvalue weighted by Crippen LogP contribution is 2.19. The van der Waals surface area contributed by atoms with Crippen molar-refractivity contribution in [3.8, 4) is 11.5 Å². The van der Waals surface area contributed by atoms with Crippen molar-refractivity contribution in [3.63, 3.8) is 0 Å². The molecule has 1 N–H and O–H groups in total. The zero-order valence-corrected chi connectivity index (χ0v) is 11.0. The smallest absolute Gasteiger partial charge is 0.185 e. The Morgan fingerprint density at radius 3 is 2.95 bits per heavy atom. The molecule has 0 bridgehead atoms. The van der Waals surface area contributed by atoms with Crippen LogP contribution in [0.3, 0.4) is 0 Å². The zero-order valence-electron chi connectivity index (χ0n) is 11.0. The number of rotatable bonds is 4. The minimum atomic E-state index is -0.618. The fourth-order valence-electron chi connectivity index (χ4n) is 2.01. The van der Waals surface area contributed by atoms with Gasteiger partial charge < -0.3 is 14.2 Å². The second-order valence-electron chi connectivity index (χ2n) is 4.49. The van der Waals surface area contributed by atoms with E-state index >= 15 is 0 Å². The van der Waals surface area contributed by atoms with E-state index < -0.39 is 6.10 Å². The minimum Gasteiger partial charge on any atom is -0.385 e. The van der Waals surface area contributed by atoms with E-state index in [0.29, 0.717) is 18.1 Å². The van der Waals surface area contributed by atoms with Crippen molar-refractivity contribution >= 4 is 0 Å². The van der Waals surface area contributed by atoms with E-state index in [9.17, 15) is 5.11 Å². The van der Waals surface area contributed by atoms with Crippen LogP contribution in [-0.4, -0.2) is 24.8 Å². The normalized spacial score (nSPS) is 12.5. The second-order valence-corrected chi connectivity index (χ2v) is 4.49. The summed E-state index contributed by atoms with van der Waals surface area (Å²) in [6, 6.07) is 7.45. The zero-order chi connectivity index (χ0) is 13.9. The molecule has 0 spiro atoms. The maximum Gasteiger partial charge on any atom is 0.185 e. The Labute approximate surface area is 115 Å². The Balaban J connectivity index is 1.83. The summed E-state index contributed by atoms with van der Waals surface area (Å²) in [5.74, 6) is 1.23. The lowest BCUT2D eigenvalue weighted by Gasteiger charge is -2.07. The van der Waals surface area contributed by atoms with E-state index in [4.69, 9.17) is 4.52 Å². The molecule has 0 aliphatic carbocycles. The number of hydrogen-bond acceptors (Lipinski definition) is 5. The van der Waals surface area contributed by atoms with E-state index in [0.717, 1.165) is 11.4 Å². The van der Waals surface area contributed by atoms with Crippen molar-refractivity contribution in [2.45, 2.75) is 19.6 Å². The molecule has 3 rings (SSSR count). The van der Waals surface area contributed by atoms with Crippen LogP contribution in [0.1, 0.15) is 24.5 Å². The molecule has 1 atom stereocenters. The van der Waals surface area contributed by atoms with Crippen LogP contribution in [0.5, 0.6) is 0 Å². The summed E-state index contributed by atoms with van der Waals surface area (Å²) in [5, 5.41) is 13.6. The molecule has 0 radical (unpaired) electrons. The standard InChI is InChI=1S/C14H14N4O2/c1-10(19)14-16-6-7-18(14)9-11-8-13(20-17-11)12-4-2-3-5-15-12/h2-8,10,19H,9H2,1H3. The Hall–Kier alpha value is -2.47. The van der Waals surface area contributed by atoms with Gasteiger partial charge in [0.2, 0.25) is 0 Å². The van der Waals surface area contributed by atoms with Gasteiger partial charge in [0.25, 0.3) is 0 Å². The minimum absolute atomic E-state index is 0.497. The van der Waals surface area contributed by atoms with Gasteiger partial charge in [-0.15, -0.1) is 0 Å². The molecule has 0 saturated carbocycles. The van der Waals surface area contributed by atoms with E-state index in [-0.39, 0.29) is 0 Å². The first-order valence-electron chi connectivity index (χ1n) is 6.30. The lowest BCUT2D eigenvalue weighted by molar-refractivity contribution is 0.184. The van der Waals surface area contributed by atoms with Gasteiger partial charge in [0, 0.05) is 24.7 Å². The van der Waals surface area contributed by atoms with Crippen molar-refractivity contribution < 1.29 is 9.63 Å². The third kappa shape index (κ3) is 2.46. The Bertz CT molecular complexity index is 688. The molecule has 6 heteroatoms. The predicted octanol–water partition coefficient (Wildman–Crippen LogP) is 2.03. The first-order valence-corrected chi connectivity index (χ1v) is 6.30.